The van der Waals surface area contributed by atoms with E-state index in [0.29, 0.717) is 0 Å². The van der Waals surface area contributed by atoms with E-state index >= 15 is 0 Å². The highest BCUT2D eigenvalue weighted by molar-refractivity contribution is 5.95. The first kappa shape index (κ1) is 17.6. The molecular formula is C17H22F3N5. The van der Waals surface area contributed by atoms with Gasteiger partial charge in [0.15, 0.2) is 0 Å². The number of piperidine rings is 1. The highest BCUT2D eigenvalue weighted by Gasteiger charge is 2.45. The zero-order valence-electron chi connectivity index (χ0n) is 14.0. The van der Waals surface area contributed by atoms with Crippen LogP contribution in [0.25, 0.3) is 0 Å². The van der Waals surface area contributed by atoms with Crippen molar-refractivity contribution in [3.05, 3.63) is 36.0 Å². The fourth-order valence-corrected chi connectivity index (χ4v) is 3.08. The van der Waals surface area contributed by atoms with Crippen molar-refractivity contribution in [2.24, 2.45) is 10.7 Å². The van der Waals surface area contributed by atoms with E-state index in [9.17, 15) is 13.2 Å². The molecule has 0 spiro atoms. The van der Waals surface area contributed by atoms with E-state index in [1.807, 2.05) is 24.3 Å². The van der Waals surface area contributed by atoms with Crippen LogP contribution in [-0.4, -0.2) is 30.9 Å². The predicted octanol–water partition coefficient (Wildman–Crippen LogP) is 3.17. The van der Waals surface area contributed by atoms with Crippen LogP contribution in [0.3, 0.4) is 0 Å². The third-order valence-corrected chi connectivity index (χ3v) is 4.42. The number of aliphatic imine (C=N–C) groups is 1. The zero-order chi connectivity index (χ0) is 18.1. The molecule has 1 unspecified atom stereocenters. The highest BCUT2D eigenvalue weighted by atomic mass is 19.4. The lowest BCUT2D eigenvalue weighted by atomic mass is 10.0. The van der Waals surface area contributed by atoms with Crippen molar-refractivity contribution in [1.29, 1.82) is 0 Å². The molecule has 1 fully saturated rings. The highest BCUT2D eigenvalue weighted by Crippen LogP contribution is 2.33. The third kappa shape index (κ3) is 4.07. The summed E-state index contributed by atoms with van der Waals surface area (Å²) in [5.74, 6) is 0.184. The number of nitrogens with two attached hydrogens (primary N) is 1. The average molecular weight is 353 g/mol. The Morgan fingerprint density at radius 3 is 2.36 bits per heavy atom. The Morgan fingerprint density at radius 1 is 1.16 bits per heavy atom. The van der Waals surface area contributed by atoms with E-state index < -0.39 is 17.4 Å². The maximum atomic E-state index is 12.9. The van der Waals surface area contributed by atoms with E-state index in [1.165, 1.54) is 26.2 Å². The minimum absolute atomic E-state index is 0.184. The summed E-state index contributed by atoms with van der Waals surface area (Å²) < 4.78 is 38.8. The summed E-state index contributed by atoms with van der Waals surface area (Å²) in [7, 11) is 0. The summed E-state index contributed by atoms with van der Waals surface area (Å²) in [6.45, 7) is 3.37. The molecule has 3 rings (SSSR count). The number of hydrogen-bond donors (Lipinski definition) is 3. The van der Waals surface area contributed by atoms with Gasteiger partial charge < -0.3 is 21.3 Å². The molecule has 0 aliphatic carbocycles. The van der Waals surface area contributed by atoms with E-state index in [0.717, 1.165) is 30.7 Å². The summed E-state index contributed by atoms with van der Waals surface area (Å²) in [6.07, 6.45) is -0.0944. The molecular weight excluding hydrogens is 331 g/mol. The smallest absolute Gasteiger partial charge is 0.372 e. The number of guanidine groups is 1. The van der Waals surface area contributed by atoms with Gasteiger partial charge in [-0.15, -0.1) is 0 Å². The molecule has 5 nitrogen and oxygen atoms in total. The van der Waals surface area contributed by atoms with Crippen LogP contribution in [0.4, 0.5) is 24.5 Å². The van der Waals surface area contributed by atoms with Crippen molar-refractivity contribution in [2.45, 2.75) is 38.0 Å². The lowest BCUT2D eigenvalue weighted by molar-refractivity contribution is -0.101. The lowest BCUT2D eigenvalue weighted by Gasteiger charge is -2.34. The Kier molecular flexibility index (Phi) is 4.64. The average Bonchev–Trinajstić information content (AvgIpc) is 2.54. The molecule has 4 N–H and O–H groups in total. The molecule has 1 saturated heterocycles. The van der Waals surface area contributed by atoms with Gasteiger partial charge in [0.25, 0.3) is 0 Å². The van der Waals surface area contributed by atoms with Crippen molar-refractivity contribution in [3.8, 4) is 0 Å². The molecule has 0 bridgehead atoms. The second kappa shape index (κ2) is 6.59. The van der Waals surface area contributed by atoms with E-state index in [1.54, 1.807) is 0 Å². The predicted molar refractivity (Wildman–Crippen MR) is 93.4 cm³/mol. The largest absolute Gasteiger partial charge is 0.417 e. The van der Waals surface area contributed by atoms with Gasteiger partial charge in [0.2, 0.25) is 5.96 Å². The number of halogens is 3. The zero-order valence-corrected chi connectivity index (χ0v) is 14.0. The normalized spacial score (nSPS) is 24.3. The third-order valence-electron chi connectivity index (χ3n) is 4.42. The summed E-state index contributed by atoms with van der Waals surface area (Å²) in [5, 5.41) is 5.56. The SMILES string of the molecule is CC1(N)NC(Nc2ccc(N3CCCCC3)cc2)=NC=C1C(F)(F)F. The van der Waals surface area contributed by atoms with Crippen LogP contribution < -0.4 is 21.3 Å². The van der Waals surface area contributed by atoms with Gasteiger partial charge in [-0.25, -0.2) is 4.99 Å². The molecule has 0 amide bonds. The molecule has 1 atom stereocenters. The topological polar surface area (TPSA) is 65.7 Å². The number of nitrogens with one attached hydrogen (secondary N) is 2. The van der Waals surface area contributed by atoms with Crippen LogP contribution in [0.2, 0.25) is 0 Å². The van der Waals surface area contributed by atoms with Gasteiger partial charge in [0, 0.05) is 30.7 Å². The van der Waals surface area contributed by atoms with Crippen LogP contribution >= 0.6 is 0 Å². The maximum Gasteiger partial charge on any atom is 0.417 e. The summed E-state index contributed by atoms with van der Waals surface area (Å²) in [5.41, 5.74) is 4.97. The summed E-state index contributed by atoms with van der Waals surface area (Å²) in [4.78, 5) is 6.13. The van der Waals surface area contributed by atoms with Gasteiger partial charge in [-0.05, 0) is 50.5 Å². The second-order valence-electron chi connectivity index (χ2n) is 6.57. The number of anilines is 2. The van der Waals surface area contributed by atoms with Crippen molar-refractivity contribution in [3.63, 3.8) is 0 Å². The molecule has 136 valence electrons. The Labute approximate surface area is 144 Å². The lowest BCUT2D eigenvalue weighted by Crippen LogP contribution is -2.60. The first-order valence-electron chi connectivity index (χ1n) is 8.30. The van der Waals surface area contributed by atoms with Crippen LogP contribution in [0, 0.1) is 0 Å². The number of benzene rings is 1. The van der Waals surface area contributed by atoms with Crippen LogP contribution in [-0.2, 0) is 0 Å². The number of alkyl halides is 3. The van der Waals surface area contributed by atoms with E-state index in [4.69, 9.17) is 5.73 Å². The van der Waals surface area contributed by atoms with Crippen LogP contribution in [0.1, 0.15) is 26.2 Å². The molecule has 25 heavy (non-hydrogen) atoms. The van der Waals surface area contributed by atoms with Crippen molar-refractivity contribution >= 4 is 17.3 Å². The minimum atomic E-state index is -4.53. The monoisotopic (exact) mass is 353 g/mol. The van der Waals surface area contributed by atoms with Crippen molar-refractivity contribution in [2.75, 3.05) is 23.3 Å². The molecule has 0 saturated carbocycles. The van der Waals surface area contributed by atoms with Gasteiger partial charge in [-0.3, -0.25) is 0 Å². The quantitative estimate of drug-likeness (QED) is 0.764. The van der Waals surface area contributed by atoms with Crippen molar-refractivity contribution in [1.82, 2.24) is 5.32 Å². The molecule has 0 radical (unpaired) electrons. The molecule has 2 aliphatic heterocycles. The maximum absolute atomic E-state index is 12.9. The first-order chi connectivity index (χ1) is 11.8. The summed E-state index contributed by atoms with van der Waals surface area (Å²) >= 11 is 0. The molecule has 0 aromatic heterocycles. The Bertz CT molecular complexity index is 671. The number of nitrogens with zero attached hydrogens (tertiary/aromatic N) is 2. The molecule has 2 heterocycles. The van der Waals surface area contributed by atoms with E-state index in [-0.39, 0.29) is 5.96 Å². The van der Waals surface area contributed by atoms with Gasteiger partial charge in [-0.2, -0.15) is 13.2 Å². The summed E-state index contributed by atoms with van der Waals surface area (Å²) in [6, 6.07) is 7.75. The minimum Gasteiger partial charge on any atom is -0.372 e. The fourth-order valence-electron chi connectivity index (χ4n) is 3.08. The molecule has 1 aromatic carbocycles. The molecule has 8 heteroatoms. The van der Waals surface area contributed by atoms with Gasteiger partial charge in [-0.1, -0.05) is 0 Å². The number of rotatable bonds is 2. The Balaban J connectivity index is 1.70. The Morgan fingerprint density at radius 2 is 1.80 bits per heavy atom. The van der Waals surface area contributed by atoms with Gasteiger partial charge in [0.05, 0.1) is 5.57 Å². The Hall–Kier alpha value is -2.22. The van der Waals surface area contributed by atoms with E-state index in [2.05, 4.69) is 20.5 Å². The fraction of sp³-hybridized carbons (Fsp3) is 0.471. The number of hydrogen-bond acceptors (Lipinski definition) is 5. The first-order valence-corrected chi connectivity index (χ1v) is 8.30. The molecule has 2 aliphatic rings. The molecule has 1 aromatic rings. The van der Waals surface area contributed by atoms with Crippen LogP contribution in [0.5, 0.6) is 0 Å². The van der Waals surface area contributed by atoms with Crippen molar-refractivity contribution < 1.29 is 13.2 Å². The second-order valence-corrected chi connectivity index (χ2v) is 6.57. The standard InChI is InChI=1S/C17H22F3N5/c1-16(21)14(17(18,19)20)11-22-15(24-16)23-12-5-7-13(8-6-12)25-9-3-2-4-10-25/h5-8,11H,2-4,9-10,21H2,1H3,(H2,22,23,24). The van der Waals surface area contributed by atoms with Gasteiger partial charge in [0.1, 0.15) is 5.66 Å². The van der Waals surface area contributed by atoms with Gasteiger partial charge >= 0.3 is 6.18 Å². The van der Waals surface area contributed by atoms with Crippen LogP contribution in [0.15, 0.2) is 41.0 Å².